The molecule has 2 N–H and O–H groups in total. The molecule has 2 rings (SSSR count). The molecule has 0 bridgehead atoms. The van der Waals surface area contributed by atoms with Crippen molar-refractivity contribution in [1.29, 1.82) is 0 Å². The number of rotatable bonds is 3. The van der Waals surface area contributed by atoms with Gasteiger partial charge in [0.15, 0.2) is 0 Å². The van der Waals surface area contributed by atoms with Crippen LogP contribution >= 0.6 is 0 Å². The minimum Gasteiger partial charge on any atom is -0.316 e. The second-order valence-electron chi connectivity index (χ2n) is 4.45. The molecule has 1 saturated heterocycles. The van der Waals surface area contributed by atoms with Gasteiger partial charge in [0.1, 0.15) is 5.82 Å². The molecule has 0 atom stereocenters. The van der Waals surface area contributed by atoms with E-state index in [2.05, 4.69) is 15.6 Å². The van der Waals surface area contributed by atoms with Gasteiger partial charge in [-0.15, -0.1) is 0 Å². The molecule has 0 spiro atoms. The Kier molecular flexibility index (Phi) is 3.19. The number of carbonyl (C=O) groups is 1. The van der Waals surface area contributed by atoms with Crippen LogP contribution in [0.5, 0.6) is 0 Å². The van der Waals surface area contributed by atoms with Crippen LogP contribution in [0.2, 0.25) is 0 Å². The second-order valence-corrected chi connectivity index (χ2v) is 4.45. The summed E-state index contributed by atoms with van der Waals surface area (Å²) in [5, 5.41) is 6.00. The lowest BCUT2D eigenvalue weighted by molar-refractivity contribution is -0.117. The third-order valence-corrected chi connectivity index (χ3v) is 2.71. The van der Waals surface area contributed by atoms with E-state index < -0.39 is 0 Å². The van der Waals surface area contributed by atoms with E-state index in [1.165, 1.54) is 0 Å². The minimum absolute atomic E-state index is 0.0593. The molecule has 2 heterocycles. The fourth-order valence-electron chi connectivity index (χ4n) is 1.85. The fraction of sp³-hybridized carbons (Fsp3) is 0.500. The van der Waals surface area contributed by atoms with Crippen LogP contribution < -0.4 is 10.6 Å². The van der Waals surface area contributed by atoms with Crippen molar-refractivity contribution < 1.29 is 4.79 Å². The van der Waals surface area contributed by atoms with Gasteiger partial charge in [-0.2, -0.15) is 0 Å². The number of anilines is 1. The quantitative estimate of drug-likeness (QED) is 0.804. The lowest BCUT2D eigenvalue weighted by Crippen LogP contribution is -2.43. The van der Waals surface area contributed by atoms with Gasteiger partial charge in [0, 0.05) is 12.1 Å². The van der Waals surface area contributed by atoms with Gasteiger partial charge in [-0.3, -0.25) is 4.79 Å². The predicted molar refractivity (Wildman–Crippen MR) is 63.3 cm³/mol. The largest absolute Gasteiger partial charge is 0.316 e. The summed E-state index contributed by atoms with van der Waals surface area (Å²) in [4.78, 5) is 15.9. The molecule has 0 aliphatic carbocycles. The van der Waals surface area contributed by atoms with Gasteiger partial charge in [0.25, 0.3) is 0 Å². The van der Waals surface area contributed by atoms with E-state index in [-0.39, 0.29) is 5.91 Å². The van der Waals surface area contributed by atoms with Crippen molar-refractivity contribution in [2.75, 3.05) is 18.4 Å². The summed E-state index contributed by atoms with van der Waals surface area (Å²) in [7, 11) is 0. The number of carbonyl (C=O) groups excluding carboxylic acids is 1. The Bertz CT molecular complexity index is 379. The van der Waals surface area contributed by atoms with Crippen LogP contribution in [0.15, 0.2) is 12.1 Å². The highest BCUT2D eigenvalue weighted by Gasteiger charge is 2.20. The molecule has 0 saturated carbocycles. The Labute approximate surface area is 95.5 Å². The molecule has 0 unspecified atom stereocenters. The Balaban J connectivity index is 1.94. The van der Waals surface area contributed by atoms with Crippen LogP contribution in [-0.4, -0.2) is 24.0 Å². The number of hydrogen-bond donors (Lipinski definition) is 2. The van der Waals surface area contributed by atoms with E-state index in [4.69, 9.17) is 0 Å². The van der Waals surface area contributed by atoms with Crippen molar-refractivity contribution in [3.8, 4) is 0 Å². The van der Waals surface area contributed by atoms with Gasteiger partial charge in [-0.25, -0.2) is 4.98 Å². The van der Waals surface area contributed by atoms with Gasteiger partial charge >= 0.3 is 0 Å². The summed E-state index contributed by atoms with van der Waals surface area (Å²) >= 11 is 0. The zero-order valence-corrected chi connectivity index (χ0v) is 9.71. The van der Waals surface area contributed by atoms with Crippen LogP contribution in [0.3, 0.4) is 0 Å². The molecule has 1 fully saturated rings. The van der Waals surface area contributed by atoms with Crippen LogP contribution in [0.25, 0.3) is 0 Å². The molecule has 0 aromatic carbocycles. The van der Waals surface area contributed by atoms with Crippen molar-refractivity contribution in [2.45, 2.75) is 20.3 Å². The van der Waals surface area contributed by atoms with Gasteiger partial charge < -0.3 is 10.6 Å². The average molecular weight is 219 g/mol. The van der Waals surface area contributed by atoms with Gasteiger partial charge in [0.05, 0.1) is 0 Å². The van der Waals surface area contributed by atoms with E-state index in [0.29, 0.717) is 18.2 Å². The predicted octanol–water partition coefficient (Wildman–Crippen LogP) is 1.25. The lowest BCUT2D eigenvalue weighted by Gasteiger charge is -2.26. The van der Waals surface area contributed by atoms with Crippen LogP contribution in [0, 0.1) is 19.8 Å². The molecule has 16 heavy (non-hydrogen) atoms. The van der Waals surface area contributed by atoms with E-state index in [0.717, 1.165) is 24.3 Å². The Morgan fingerprint density at radius 3 is 2.81 bits per heavy atom. The van der Waals surface area contributed by atoms with Gasteiger partial charge in [0.2, 0.25) is 5.91 Å². The van der Waals surface area contributed by atoms with Crippen LogP contribution in [0.4, 0.5) is 5.82 Å². The summed E-state index contributed by atoms with van der Waals surface area (Å²) in [5.74, 6) is 1.21. The third-order valence-electron chi connectivity index (χ3n) is 2.71. The monoisotopic (exact) mass is 219 g/mol. The highest BCUT2D eigenvalue weighted by molar-refractivity contribution is 5.90. The fourth-order valence-corrected chi connectivity index (χ4v) is 1.85. The number of aryl methyl sites for hydroxylation is 2. The molecule has 4 nitrogen and oxygen atoms in total. The molecular formula is C12H17N3O. The topological polar surface area (TPSA) is 54.0 Å². The minimum atomic E-state index is 0.0593. The van der Waals surface area contributed by atoms with Crippen molar-refractivity contribution >= 4 is 11.7 Å². The molecule has 1 aliphatic rings. The molecule has 0 radical (unpaired) electrons. The zero-order chi connectivity index (χ0) is 11.5. The number of nitrogens with zero attached hydrogens (tertiary/aromatic N) is 1. The Morgan fingerprint density at radius 2 is 2.25 bits per heavy atom. The molecule has 4 heteroatoms. The third kappa shape index (κ3) is 2.79. The summed E-state index contributed by atoms with van der Waals surface area (Å²) < 4.78 is 0. The zero-order valence-electron chi connectivity index (χ0n) is 9.71. The maximum absolute atomic E-state index is 11.7. The number of amides is 1. The van der Waals surface area contributed by atoms with Gasteiger partial charge in [-0.05, 0) is 50.6 Å². The van der Waals surface area contributed by atoms with E-state index in [1.54, 1.807) is 0 Å². The van der Waals surface area contributed by atoms with E-state index in [1.807, 2.05) is 26.0 Å². The second kappa shape index (κ2) is 4.61. The van der Waals surface area contributed by atoms with Gasteiger partial charge in [-0.1, -0.05) is 0 Å². The number of aromatic nitrogens is 1. The molecule has 1 aromatic rings. The molecule has 1 aromatic heterocycles. The highest BCUT2D eigenvalue weighted by atomic mass is 16.1. The molecule has 86 valence electrons. The maximum Gasteiger partial charge on any atom is 0.225 e. The van der Waals surface area contributed by atoms with Crippen molar-refractivity contribution in [2.24, 2.45) is 5.92 Å². The molecule has 1 aliphatic heterocycles. The van der Waals surface area contributed by atoms with Crippen molar-refractivity contribution in [1.82, 2.24) is 10.3 Å². The summed E-state index contributed by atoms with van der Waals surface area (Å²) in [5.41, 5.74) is 2.05. The molecule has 1 amide bonds. The Hall–Kier alpha value is -1.42. The molecular weight excluding hydrogens is 202 g/mol. The first kappa shape index (κ1) is 11.1. The Morgan fingerprint density at radius 1 is 1.50 bits per heavy atom. The van der Waals surface area contributed by atoms with E-state index in [9.17, 15) is 4.79 Å². The first-order valence-electron chi connectivity index (χ1n) is 5.59. The first-order chi connectivity index (χ1) is 7.63. The number of pyridine rings is 1. The van der Waals surface area contributed by atoms with Crippen molar-refractivity contribution in [3.05, 3.63) is 23.4 Å². The SMILES string of the molecule is Cc1cc(C)nc(NC(=O)CC2CNC2)c1. The first-order valence-corrected chi connectivity index (χ1v) is 5.59. The van der Waals surface area contributed by atoms with Crippen LogP contribution in [-0.2, 0) is 4.79 Å². The normalized spacial score (nSPS) is 15.6. The summed E-state index contributed by atoms with van der Waals surface area (Å²) in [6.07, 6.45) is 0.585. The summed E-state index contributed by atoms with van der Waals surface area (Å²) in [6.45, 7) is 5.83. The lowest BCUT2D eigenvalue weighted by atomic mass is 9.99. The smallest absolute Gasteiger partial charge is 0.225 e. The number of nitrogens with one attached hydrogen (secondary N) is 2. The number of hydrogen-bond acceptors (Lipinski definition) is 3. The van der Waals surface area contributed by atoms with Crippen molar-refractivity contribution in [3.63, 3.8) is 0 Å². The summed E-state index contributed by atoms with van der Waals surface area (Å²) in [6, 6.07) is 3.88. The highest BCUT2D eigenvalue weighted by Crippen LogP contribution is 2.12. The average Bonchev–Trinajstić information content (AvgIpc) is 2.09. The van der Waals surface area contributed by atoms with E-state index >= 15 is 0 Å². The maximum atomic E-state index is 11.7. The standard InChI is InChI=1S/C12H17N3O/c1-8-3-9(2)14-11(4-8)15-12(16)5-10-6-13-7-10/h3-4,10,13H,5-7H2,1-2H3,(H,14,15,16). The van der Waals surface area contributed by atoms with Crippen LogP contribution in [0.1, 0.15) is 17.7 Å².